The highest BCUT2D eigenvalue weighted by molar-refractivity contribution is 5.87. The number of phenols is 1. The van der Waals surface area contributed by atoms with E-state index in [2.05, 4.69) is 9.88 Å². The number of fused-ring (bicyclic) bond motifs is 3. The molecule has 28 heavy (non-hydrogen) atoms. The standard InChI is InChI=1S/C23H25FN2O2/c1-14(2)23(28)25-17-6-8-21-19(11-17)20-12-18(27)7-9-22(20)26(21)13-15-4-3-5-16(24)10-15/h3-5,7,9-10,12,14,17,27H,6,8,11,13H2,1-2H3,(H,25,28). The molecule has 1 aliphatic rings. The second-order valence-corrected chi connectivity index (χ2v) is 7.95. The van der Waals surface area contributed by atoms with Gasteiger partial charge in [-0.2, -0.15) is 0 Å². The topological polar surface area (TPSA) is 54.3 Å². The molecule has 1 unspecified atom stereocenters. The predicted molar refractivity (Wildman–Crippen MR) is 108 cm³/mol. The fourth-order valence-electron chi connectivity index (χ4n) is 4.13. The molecule has 3 aromatic rings. The highest BCUT2D eigenvalue weighted by Crippen LogP contribution is 2.35. The zero-order valence-corrected chi connectivity index (χ0v) is 16.2. The third-order valence-corrected chi connectivity index (χ3v) is 5.55. The number of nitrogens with zero attached hydrogens (tertiary/aromatic N) is 1. The Morgan fingerprint density at radius 1 is 1.29 bits per heavy atom. The molecule has 1 atom stereocenters. The Morgan fingerprint density at radius 3 is 2.86 bits per heavy atom. The van der Waals surface area contributed by atoms with Gasteiger partial charge in [-0.15, -0.1) is 0 Å². The van der Waals surface area contributed by atoms with Gasteiger partial charge in [0, 0.05) is 35.1 Å². The average molecular weight is 380 g/mol. The van der Waals surface area contributed by atoms with Crippen molar-refractivity contribution >= 4 is 16.8 Å². The van der Waals surface area contributed by atoms with E-state index in [0.717, 1.165) is 35.7 Å². The van der Waals surface area contributed by atoms with E-state index >= 15 is 0 Å². The van der Waals surface area contributed by atoms with E-state index in [0.29, 0.717) is 6.54 Å². The van der Waals surface area contributed by atoms with Gasteiger partial charge in [-0.05, 0) is 60.7 Å². The number of amides is 1. The van der Waals surface area contributed by atoms with E-state index < -0.39 is 0 Å². The first-order valence-electron chi connectivity index (χ1n) is 9.80. The minimum atomic E-state index is -0.239. The van der Waals surface area contributed by atoms with E-state index in [1.54, 1.807) is 24.3 Å². The van der Waals surface area contributed by atoms with Crippen molar-refractivity contribution in [1.82, 2.24) is 9.88 Å². The van der Waals surface area contributed by atoms with Crippen molar-refractivity contribution in [3.8, 4) is 5.75 Å². The van der Waals surface area contributed by atoms with E-state index in [4.69, 9.17) is 0 Å². The van der Waals surface area contributed by atoms with Gasteiger partial charge in [0.15, 0.2) is 0 Å². The number of carbonyl (C=O) groups excluding carboxylic acids is 1. The average Bonchev–Trinajstić information content (AvgIpc) is 2.94. The maximum Gasteiger partial charge on any atom is 0.222 e. The molecule has 0 saturated heterocycles. The normalized spacial score (nSPS) is 16.4. The van der Waals surface area contributed by atoms with Gasteiger partial charge in [-0.3, -0.25) is 4.79 Å². The summed E-state index contributed by atoms with van der Waals surface area (Å²) in [5.74, 6) is 0.0167. The molecule has 0 fully saturated rings. The molecule has 0 aliphatic heterocycles. The van der Waals surface area contributed by atoms with Gasteiger partial charge in [0.05, 0.1) is 0 Å². The Labute approximate surface area is 164 Å². The summed E-state index contributed by atoms with van der Waals surface area (Å²) in [6.45, 7) is 4.37. The van der Waals surface area contributed by atoms with Crippen molar-refractivity contribution in [3.05, 3.63) is 65.1 Å². The summed E-state index contributed by atoms with van der Waals surface area (Å²) in [6, 6.07) is 12.2. The minimum Gasteiger partial charge on any atom is -0.508 e. The fourth-order valence-corrected chi connectivity index (χ4v) is 4.13. The molecule has 1 amide bonds. The third kappa shape index (κ3) is 3.49. The smallest absolute Gasteiger partial charge is 0.222 e. The SMILES string of the molecule is CC(C)C(=O)NC1CCc2c(c3cc(O)ccc3n2Cc2cccc(F)c2)C1. The van der Waals surface area contributed by atoms with Crippen LogP contribution in [0.2, 0.25) is 0 Å². The van der Waals surface area contributed by atoms with Crippen LogP contribution < -0.4 is 5.32 Å². The van der Waals surface area contributed by atoms with Crippen LogP contribution >= 0.6 is 0 Å². The highest BCUT2D eigenvalue weighted by atomic mass is 19.1. The van der Waals surface area contributed by atoms with Gasteiger partial charge in [0.2, 0.25) is 5.91 Å². The minimum absolute atomic E-state index is 0.0419. The largest absolute Gasteiger partial charge is 0.508 e. The zero-order valence-electron chi connectivity index (χ0n) is 16.2. The van der Waals surface area contributed by atoms with Crippen LogP contribution in [0.4, 0.5) is 4.39 Å². The molecule has 0 bridgehead atoms. The number of benzene rings is 2. The number of phenolic OH excluding ortho intramolecular Hbond substituents is 1. The number of nitrogens with one attached hydrogen (secondary N) is 1. The van der Waals surface area contributed by atoms with Gasteiger partial charge in [0.25, 0.3) is 0 Å². The number of carbonyl (C=O) groups is 1. The van der Waals surface area contributed by atoms with Gasteiger partial charge in [-0.25, -0.2) is 4.39 Å². The molecule has 1 aromatic heterocycles. The van der Waals surface area contributed by atoms with Crippen LogP contribution in [-0.4, -0.2) is 21.6 Å². The molecule has 4 rings (SSSR count). The Morgan fingerprint density at radius 2 is 2.11 bits per heavy atom. The van der Waals surface area contributed by atoms with Crippen LogP contribution in [-0.2, 0) is 24.2 Å². The van der Waals surface area contributed by atoms with E-state index in [9.17, 15) is 14.3 Å². The quantitative estimate of drug-likeness (QED) is 0.714. The van der Waals surface area contributed by atoms with Crippen molar-refractivity contribution in [2.24, 2.45) is 5.92 Å². The van der Waals surface area contributed by atoms with Crippen molar-refractivity contribution in [3.63, 3.8) is 0 Å². The number of rotatable bonds is 4. The number of aromatic nitrogens is 1. The molecule has 2 aromatic carbocycles. The summed E-state index contributed by atoms with van der Waals surface area (Å²) in [5.41, 5.74) is 4.31. The molecular formula is C23H25FN2O2. The second-order valence-electron chi connectivity index (χ2n) is 7.95. The van der Waals surface area contributed by atoms with Gasteiger partial charge in [0.1, 0.15) is 11.6 Å². The van der Waals surface area contributed by atoms with Crippen LogP contribution in [0.5, 0.6) is 5.75 Å². The zero-order chi connectivity index (χ0) is 19.8. The van der Waals surface area contributed by atoms with Crippen LogP contribution in [0.3, 0.4) is 0 Å². The summed E-state index contributed by atoms with van der Waals surface area (Å²) in [4.78, 5) is 12.1. The molecule has 1 heterocycles. The Balaban J connectivity index is 1.73. The van der Waals surface area contributed by atoms with Crippen molar-refractivity contribution < 1.29 is 14.3 Å². The lowest BCUT2D eigenvalue weighted by Gasteiger charge is -2.26. The molecule has 5 heteroatoms. The van der Waals surface area contributed by atoms with Crippen LogP contribution in [0.25, 0.3) is 10.9 Å². The van der Waals surface area contributed by atoms with Gasteiger partial charge >= 0.3 is 0 Å². The number of hydrogen-bond donors (Lipinski definition) is 2. The fraction of sp³-hybridized carbons (Fsp3) is 0.348. The number of hydrogen-bond acceptors (Lipinski definition) is 2. The summed E-state index contributed by atoms with van der Waals surface area (Å²) < 4.78 is 15.9. The van der Waals surface area contributed by atoms with Crippen molar-refractivity contribution in [2.45, 2.75) is 45.7 Å². The number of halogens is 1. The third-order valence-electron chi connectivity index (χ3n) is 5.55. The monoisotopic (exact) mass is 380 g/mol. The first-order valence-corrected chi connectivity index (χ1v) is 9.80. The molecule has 0 spiro atoms. The molecule has 0 radical (unpaired) electrons. The Bertz CT molecular complexity index is 1040. The highest BCUT2D eigenvalue weighted by Gasteiger charge is 2.27. The molecule has 146 valence electrons. The Kier molecular flexibility index (Phi) is 4.84. The maximum absolute atomic E-state index is 13.7. The first kappa shape index (κ1) is 18.5. The molecular weight excluding hydrogens is 355 g/mol. The molecule has 4 nitrogen and oxygen atoms in total. The van der Waals surface area contributed by atoms with Crippen LogP contribution in [0.1, 0.15) is 37.1 Å². The maximum atomic E-state index is 13.7. The first-order chi connectivity index (χ1) is 13.4. The molecule has 1 aliphatic carbocycles. The molecule has 0 saturated carbocycles. The van der Waals surface area contributed by atoms with E-state index in [1.807, 2.05) is 26.0 Å². The Hall–Kier alpha value is -2.82. The van der Waals surface area contributed by atoms with Crippen LogP contribution in [0, 0.1) is 11.7 Å². The summed E-state index contributed by atoms with van der Waals surface area (Å²) in [5, 5.41) is 14.2. The lowest BCUT2D eigenvalue weighted by Crippen LogP contribution is -2.41. The number of aromatic hydroxyl groups is 1. The molecule has 2 N–H and O–H groups in total. The van der Waals surface area contributed by atoms with Crippen LogP contribution in [0.15, 0.2) is 42.5 Å². The summed E-state index contributed by atoms with van der Waals surface area (Å²) in [7, 11) is 0. The van der Waals surface area contributed by atoms with Gasteiger partial charge in [-0.1, -0.05) is 26.0 Å². The summed E-state index contributed by atoms with van der Waals surface area (Å²) in [6.07, 6.45) is 2.45. The second kappa shape index (κ2) is 7.30. The van der Waals surface area contributed by atoms with Crippen molar-refractivity contribution in [1.29, 1.82) is 0 Å². The lowest BCUT2D eigenvalue weighted by atomic mass is 9.91. The van der Waals surface area contributed by atoms with E-state index in [-0.39, 0.29) is 29.4 Å². The lowest BCUT2D eigenvalue weighted by molar-refractivity contribution is -0.124. The predicted octanol–water partition coefficient (Wildman–Crippen LogP) is 4.16. The van der Waals surface area contributed by atoms with Gasteiger partial charge < -0.3 is 15.0 Å². The van der Waals surface area contributed by atoms with Crippen molar-refractivity contribution in [2.75, 3.05) is 0 Å². The van der Waals surface area contributed by atoms with E-state index in [1.165, 1.54) is 17.3 Å². The summed E-state index contributed by atoms with van der Waals surface area (Å²) >= 11 is 0.